The third-order valence-electron chi connectivity index (χ3n) is 6.55. The summed E-state index contributed by atoms with van der Waals surface area (Å²) in [5.74, 6) is 0. The molecule has 1 unspecified atom stereocenters. The number of nitrogens with one attached hydrogen (secondary N) is 1. The van der Waals surface area contributed by atoms with Crippen LogP contribution < -0.4 is 16.0 Å². The van der Waals surface area contributed by atoms with Gasteiger partial charge in [-0.05, 0) is 57.9 Å². The lowest BCUT2D eigenvalue weighted by Crippen LogP contribution is -2.42. The number of aryl methyl sites for hydroxylation is 2. The number of thioether (sulfide) groups is 1. The first-order valence-corrected chi connectivity index (χ1v) is 13.8. The van der Waals surface area contributed by atoms with E-state index in [4.69, 9.17) is 0 Å². The first-order chi connectivity index (χ1) is 16.5. The zero-order chi connectivity index (χ0) is 25.1. The Hall–Kier alpha value is -2.70. The minimum absolute atomic E-state index is 0.0118. The summed E-state index contributed by atoms with van der Waals surface area (Å²) in [7, 11) is -2.01. The lowest BCUT2D eigenvalue weighted by atomic mass is 10.2. The molecule has 1 atom stereocenters. The number of nitrogens with zero attached hydrogens (tertiary/aromatic N) is 5. The molecular formula is C23H28N6O4S2. The maximum Gasteiger partial charge on any atom is 0.331 e. The summed E-state index contributed by atoms with van der Waals surface area (Å²) >= 11 is 1.54. The van der Waals surface area contributed by atoms with Gasteiger partial charge < -0.3 is 0 Å². The Morgan fingerprint density at radius 2 is 1.91 bits per heavy atom. The number of aromatic nitrogens is 4. The van der Waals surface area contributed by atoms with Crippen LogP contribution in [-0.2, 0) is 30.2 Å². The van der Waals surface area contributed by atoms with Gasteiger partial charge in [-0.25, -0.2) is 17.9 Å². The Morgan fingerprint density at radius 1 is 1.17 bits per heavy atom. The predicted molar refractivity (Wildman–Crippen MR) is 137 cm³/mol. The highest BCUT2D eigenvalue weighted by Crippen LogP contribution is 2.36. The zero-order valence-corrected chi connectivity index (χ0v) is 21.7. The SMILES string of the molecule is CC1=NCC(Cn2c(=O)c3cc(S(=O)(=O)NC4(C)CC4)ccc3n(Cc3cc(C)nn3C)c2=O)S1. The number of rotatable bonds is 7. The van der Waals surface area contributed by atoms with Crippen molar-refractivity contribution in [1.29, 1.82) is 0 Å². The van der Waals surface area contributed by atoms with Gasteiger partial charge >= 0.3 is 5.69 Å². The lowest BCUT2D eigenvalue weighted by molar-refractivity contribution is 0.557. The molecule has 3 aromatic rings. The molecular weight excluding hydrogens is 488 g/mol. The summed E-state index contributed by atoms with van der Waals surface area (Å²) in [6, 6.07) is 6.27. The Bertz CT molecular complexity index is 1590. The maximum atomic E-state index is 13.6. The summed E-state index contributed by atoms with van der Waals surface area (Å²) in [5.41, 5.74) is 0.620. The van der Waals surface area contributed by atoms with Gasteiger partial charge in [-0.3, -0.25) is 23.6 Å². The second-order valence-corrected chi connectivity index (χ2v) is 12.8. The molecule has 0 saturated heterocycles. The molecule has 0 radical (unpaired) electrons. The van der Waals surface area contributed by atoms with Gasteiger partial charge in [0.1, 0.15) is 0 Å². The van der Waals surface area contributed by atoms with Crippen LogP contribution in [0.2, 0.25) is 0 Å². The number of aliphatic imine (C=N–C) groups is 1. The quantitative estimate of drug-likeness (QED) is 0.510. The fraction of sp³-hybridized carbons (Fsp3) is 0.478. The van der Waals surface area contributed by atoms with E-state index in [2.05, 4.69) is 14.8 Å². The maximum absolute atomic E-state index is 13.6. The van der Waals surface area contributed by atoms with Crippen molar-refractivity contribution in [3.05, 3.63) is 56.5 Å². The van der Waals surface area contributed by atoms with E-state index in [1.54, 1.807) is 29.6 Å². The van der Waals surface area contributed by atoms with E-state index in [0.29, 0.717) is 12.1 Å². The molecule has 1 aliphatic heterocycles. The summed E-state index contributed by atoms with van der Waals surface area (Å²) in [6.45, 7) is 6.55. The van der Waals surface area contributed by atoms with E-state index in [1.807, 2.05) is 26.8 Å². The Kier molecular flexibility index (Phi) is 5.80. The number of fused-ring (bicyclic) bond motifs is 1. The molecule has 3 heterocycles. The van der Waals surface area contributed by atoms with Crippen molar-refractivity contribution in [2.45, 2.75) is 62.4 Å². The fourth-order valence-corrected chi connectivity index (χ4v) is 6.87. The van der Waals surface area contributed by atoms with Crippen molar-refractivity contribution in [2.24, 2.45) is 12.0 Å². The standard InChI is InChI=1S/C23H28N6O4S2/c1-14-9-16(27(4)25-14)12-28-20-6-5-18(35(32,33)26-23(3)7-8-23)10-19(20)21(30)29(22(28)31)13-17-11-24-15(2)34-17/h5-6,9-10,17,26H,7-8,11-13H2,1-4H3. The topological polar surface area (TPSA) is 120 Å². The molecule has 1 fully saturated rings. The van der Waals surface area contributed by atoms with Gasteiger partial charge in [0.25, 0.3) is 5.56 Å². The van der Waals surface area contributed by atoms with E-state index < -0.39 is 26.8 Å². The first kappa shape index (κ1) is 24.0. The Balaban J connectivity index is 1.66. The average Bonchev–Trinajstić information content (AvgIpc) is 3.20. The van der Waals surface area contributed by atoms with Crippen molar-refractivity contribution in [2.75, 3.05) is 6.54 Å². The monoisotopic (exact) mass is 516 g/mol. The van der Waals surface area contributed by atoms with Crippen LogP contribution in [0.15, 0.2) is 43.7 Å². The van der Waals surface area contributed by atoms with E-state index >= 15 is 0 Å². The van der Waals surface area contributed by atoms with Crippen molar-refractivity contribution < 1.29 is 8.42 Å². The molecule has 10 nitrogen and oxygen atoms in total. The molecule has 1 aromatic carbocycles. The molecule has 1 N–H and O–H groups in total. The fourth-order valence-electron chi connectivity index (χ4n) is 4.38. The van der Waals surface area contributed by atoms with Gasteiger partial charge in [0.15, 0.2) is 0 Å². The molecule has 0 spiro atoms. The van der Waals surface area contributed by atoms with Gasteiger partial charge in [-0.2, -0.15) is 5.10 Å². The number of hydrogen-bond acceptors (Lipinski definition) is 7. The molecule has 0 bridgehead atoms. The minimum atomic E-state index is -3.81. The summed E-state index contributed by atoms with van der Waals surface area (Å²) in [6.07, 6.45) is 1.55. The molecule has 2 aromatic heterocycles. The van der Waals surface area contributed by atoms with Gasteiger partial charge in [-0.15, -0.1) is 11.8 Å². The number of benzene rings is 1. The first-order valence-electron chi connectivity index (χ1n) is 11.4. The summed E-state index contributed by atoms with van der Waals surface area (Å²) in [4.78, 5) is 31.5. The van der Waals surface area contributed by atoms with E-state index in [9.17, 15) is 18.0 Å². The Morgan fingerprint density at radius 3 is 2.51 bits per heavy atom. The van der Waals surface area contributed by atoms with Crippen LogP contribution in [0.1, 0.15) is 38.1 Å². The van der Waals surface area contributed by atoms with Crippen molar-refractivity contribution in [1.82, 2.24) is 23.6 Å². The molecule has 12 heteroatoms. The van der Waals surface area contributed by atoms with E-state index in [0.717, 1.165) is 29.3 Å². The van der Waals surface area contributed by atoms with Crippen LogP contribution in [0.5, 0.6) is 0 Å². The second-order valence-electron chi connectivity index (χ2n) is 9.63. The molecule has 1 saturated carbocycles. The number of sulfonamides is 1. The van der Waals surface area contributed by atoms with Gasteiger partial charge in [0.2, 0.25) is 10.0 Å². The molecule has 186 valence electrons. The number of hydrogen-bond donors (Lipinski definition) is 1. The highest BCUT2D eigenvalue weighted by molar-refractivity contribution is 8.14. The van der Waals surface area contributed by atoms with Crippen LogP contribution >= 0.6 is 11.8 Å². The minimum Gasteiger partial charge on any atom is -0.287 e. The molecule has 2 aliphatic rings. The normalized spacial score (nSPS) is 19.3. The van der Waals surface area contributed by atoms with Crippen LogP contribution in [0.25, 0.3) is 10.9 Å². The average molecular weight is 517 g/mol. The molecule has 5 rings (SSSR count). The molecule has 0 amide bonds. The highest BCUT2D eigenvalue weighted by Gasteiger charge is 2.41. The largest absolute Gasteiger partial charge is 0.331 e. The highest BCUT2D eigenvalue weighted by atomic mass is 32.2. The van der Waals surface area contributed by atoms with Crippen LogP contribution in [-0.4, -0.2) is 49.7 Å². The van der Waals surface area contributed by atoms with Gasteiger partial charge in [0.05, 0.1) is 45.3 Å². The van der Waals surface area contributed by atoms with E-state index in [1.165, 1.54) is 21.3 Å². The second kappa shape index (κ2) is 8.45. The van der Waals surface area contributed by atoms with Crippen LogP contribution in [0, 0.1) is 6.92 Å². The third-order valence-corrected chi connectivity index (χ3v) is 9.29. The smallest absolute Gasteiger partial charge is 0.287 e. The van der Waals surface area contributed by atoms with Crippen molar-refractivity contribution in [3.63, 3.8) is 0 Å². The summed E-state index contributed by atoms with van der Waals surface area (Å²) < 4.78 is 33.2. The Labute approximate surface area is 207 Å². The van der Waals surface area contributed by atoms with Crippen LogP contribution in [0.3, 0.4) is 0 Å². The van der Waals surface area contributed by atoms with E-state index in [-0.39, 0.29) is 28.6 Å². The molecule has 1 aliphatic carbocycles. The zero-order valence-electron chi connectivity index (χ0n) is 20.1. The third kappa shape index (κ3) is 4.62. The molecule has 35 heavy (non-hydrogen) atoms. The van der Waals surface area contributed by atoms with Gasteiger partial charge in [0, 0.05) is 24.4 Å². The summed E-state index contributed by atoms with van der Waals surface area (Å²) in [5, 5.41) is 5.43. The predicted octanol–water partition coefficient (Wildman–Crippen LogP) is 1.62. The van der Waals surface area contributed by atoms with Crippen molar-refractivity contribution in [3.8, 4) is 0 Å². The van der Waals surface area contributed by atoms with Gasteiger partial charge in [-0.1, -0.05) is 0 Å². The van der Waals surface area contributed by atoms with Crippen molar-refractivity contribution >= 4 is 37.7 Å². The van der Waals surface area contributed by atoms with Crippen LogP contribution in [0.4, 0.5) is 0 Å². The lowest BCUT2D eigenvalue weighted by Gasteiger charge is -2.17.